The van der Waals surface area contributed by atoms with Gasteiger partial charge in [0.05, 0.1) is 5.75 Å². The molecule has 1 aromatic carbocycles. The summed E-state index contributed by atoms with van der Waals surface area (Å²) in [5.41, 5.74) is 2.20. The number of nitrogens with zero attached hydrogens (tertiary/aromatic N) is 2. The smallest absolute Gasteiger partial charge is 0.230 e. The van der Waals surface area contributed by atoms with E-state index in [0.29, 0.717) is 22.9 Å². The zero-order valence-electron chi connectivity index (χ0n) is 13.8. The maximum Gasteiger partial charge on any atom is 0.230 e. The number of hydrogen-bond acceptors (Lipinski definition) is 4. The van der Waals surface area contributed by atoms with Crippen molar-refractivity contribution in [3.05, 3.63) is 29.8 Å². The van der Waals surface area contributed by atoms with Crippen LogP contribution in [0.1, 0.15) is 31.2 Å². The van der Waals surface area contributed by atoms with Crippen LogP contribution in [0.4, 0.5) is 0 Å². The Morgan fingerprint density at radius 2 is 2.29 bits per heavy atom. The second-order valence-electron chi connectivity index (χ2n) is 6.97. The molecule has 24 heavy (non-hydrogen) atoms. The lowest BCUT2D eigenvalue weighted by Crippen LogP contribution is -2.39. The van der Waals surface area contributed by atoms with Crippen LogP contribution < -0.4 is 5.32 Å². The van der Waals surface area contributed by atoms with Crippen molar-refractivity contribution in [1.82, 2.24) is 20.5 Å². The Balaban J connectivity index is 1.31. The molecule has 2 saturated carbocycles. The van der Waals surface area contributed by atoms with Crippen LogP contribution in [0.5, 0.6) is 0 Å². The molecule has 1 amide bonds. The Morgan fingerprint density at radius 1 is 1.38 bits per heavy atom. The summed E-state index contributed by atoms with van der Waals surface area (Å²) in [5, 5.41) is 11.0. The number of fused-ring (bicyclic) bond motifs is 2. The molecule has 2 N–H and O–H groups in total. The molecule has 0 spiro atoms. The maximum atomic E-state index is 12.2. The van der Waals surface area contributed by atoms with Gasteiger partial charge in [0.15, 0.2) is 5.82 Å². The Kier molecular flexibility index (Phi) is 4.31. The lowest BCUT2D eigenvalue weighted by atomic mass is 9.95. The minimum atomic E-state index is 0.0967. The number of benzene rings is 1. The summed E-state index contributed by atoms with van der Waals surface area (Å²) in [6.07, 6.45) is 5.10. The molecular weight excluding hydrogens is 320 g/mol. The molecule has 2 aromatic rings. The summed E-state index contributed by atoms with van der Waals surface area (Å²) >= 11 is 1.39. The largest absolute Gasteiger partial charge is 0.352 e. The maximum absolute atomic E-state index is 12.2. The Hall–Kier alpha value is -1.82. The molecule has 0 unspecified atom stereocenters. The van der Waals surface area contributed by atoms with Crippen molar-refractivity contribution in [1.29, 1.82) is 0 Å². The van der Waals surface area contributed by atoms with Crippen LogP contribution in [-0.4, -0.2) is 32.9 Å². The zero-order chi connectivity index (χ0) is 16.5. The monoisotopic (exact) mass is 342 g/mol. The first-order chi connectivity index (χ1) is 11.7. The highest BCUT2D eigenvalue weighted by Gasteiger charge is 2.39. The Bertz CT molecular complexity index is 744. The van der Waals surface area contributed by atoms with Gasteiger partial charge < -0.3 is 5.32 Å². The number of nitrogens with one attached hydrogen (secondary N) is 2. The lowest BCUT2D eigenvalue weighted by Gasteiger charge is -2.22. The fourth-order valence-electron chi connectivity index (χ4n) is 4.03. The second kappa shape index (κ2) is 6.59. The number of carbonyl (C=O) groups excluding carboxylic acids is 1. The van der Waals surface area contributed by atoms with Gasteiger partial charge in [-0.25, -0.2) is 4.98 Å². The van der Waals surface area contributed by atoms with Crippen molar-refractivity contribution in [3.63, 3.8) is 0 Å². The third-order valence-corrected chi connectivity index (χ3v) is 6.02. The quantitative estimate of drug-likeness (QED) is 0.819. The van der Waals surface area contributed by atoms with E-state index in [1.54, 1.807) is 0 Å². The van der Waals surface area contributed by atoms with Gasteiger partial charge in [-0.3, -0.25) is 9.89 Å². The molecule has 2 bridgehead atoms. The molecule has 1 aromatic heterocycles. The van der Waals surface area contributed by atoms with Crippen LogP contribution >= 0.6 is 11.8 Å². The van der Waals surface area contributed by atoms with E-state index in [9.17, 15) is 4.79 Å². The summed E-state index contributed by atoms with van der Waals surface area (Å²) in [7, 11) is 0. The summed E-state index contributed by atoms with van der Waals surface area (Å²) in [5.74, 6) is 2.77. The number of aromatic amines is 1. The van der Waals surface area contributed by atoms with Gasteiger partial charge in [0.25, 0.3) is 0 Å². The van der Waals surface area contributed by atoms with E-state index in [-0.39, 0.29) is 5.91 Å². The molecule has 126 valence electrons. The first kappa shape index (κ1) is 15.7. The van der Waals surface area contributed by atoms with Gasteiger partial charge in [0.1, 0.15) is 0 Å². The normalized spacial score (nSPS) is 25.1. The molecular formula is C18H22N4OS. The van der Waals surface area contributed by atoms with Crippen LogP contribution in [0, 0.1) is 18.8 Å². The van der Waals surface area contributed by atoms with Gasteiger partial charge >= 0.3 is 0 Å². The number of hydrogen-bond donors (Lipinski definition) is 2. The Morgan fingerprint density at radius 3 is 3.04 bits per heavy atom. The van der Waals surface area contributed by atoms with E-state index in [0.717, 1.165) is 17.3 Å². The SMILES string of the molecule is Cc1cccc(-c2nc(SCC(=O)N[C@H]3C[C@H]4CC[C@@H]3C4)n[nH]2)c1. The number of amides is 1. The molecule has 5 nitrogen and oxygen atoms in total. The van der Waals surface area contributed by atoms with E-state index in [1.807, 2.05) is 12.1 Å². The third kappa shape index (κ3) is 3.34. The van der Waals surface area contributed by atoms with Gasteiger partial charge in [-0.2, -0.15) is 0 Å². The van der Waals surface area contributed by atoms with Gasteiger partial charge in [-0.15, -0.1) is 5.10 Å². The molecule has 2 aliphatic rings. The van der Waals surface area contributed by atoms with E-state index >= 15 is 0 Å². The number of carbonyl (C=O) groups is 1. The minimum Gasteiger partial charge on any atom is -0.352 e. The summed E-state index contributed by atoms with van der Waals surface area (Å²) in [6.45, 7) is 2.05. The fraction of sp³-hybridized carbons (Fsp3) is 0.500. The standard InChI is InChI=1S/C18H22N4OS/c1-11-3-2-4-14(7-11)17-20-18(22-21-17)24-10-16(23)19-15-9-12-5-6-13(15)8-12/h2-4,7,12-13,15H,5-6,8-10H2,1H3,(H,19,23)(H,20,21,22)/t12-,13+,15-/m0/s1. The second-order valence-corrected chi connectivity index (χ2v) is 7.92. The van der Waals surface area contributed by atoms with E-state index < -0.39 is 0 Å². The summed E-state index contributed by atoms with van der Waals surface area (Å²) < 4.78 is 0. The van der Waals surface area contributed by atoms with Crippen molar-refractivity contribution in [2.45, 2.75) is 43.8 Å². The van der Waals surface area contributed by atoms with Crippen LogP contribution in [-0.2, 0) is 4.79 Å². The average Bonchev–Trinajstić information content (AvgIpc) is 3.29. The fourth-order valence-corrected chi connectivity index (χ4v) is 4.64. The predicted molar refractivity (Wildman–Crippen MR) is 94.7 cm³/mol. The predicted octanol–water partition coefficient (Wildman–Crippen LogP) is 3.18. The van der Waals surface area contributed by atoms with Gasteiger partial charge in [-0.05, 0) is 44.1 Å². The van der Waals surface area contributed by atoms with Crippen LogP contribution in [0.15, 0.2) is 29.4 Å². The average molecular weight is 342 g/mol. The van der Waals surface area contributed by atoms with Crippen LogP contribution in [0.25, 0.3) is 11.4 Å². The minimum absolute atomic E-state index is 0.0967. The van der Waals surface area contributed by atoms with Crippen LogP contribution in [0.2, 0.25) is 0 Å². The van der Waals surface area contributed by atoms with Gasteiger partial charge in [-0.1, -0.05) is 41.9 Å². The van der Waals surface area contributed by atoms with Crippen LogP contribution in [0.3, 0.4) is 0 Å². The third-order valence-electron chi connectivity index (χ3n) is 5.17. The van der Waals surface area contributed by atoms with Crippen molar-refractivity contribution >= 4 is 17.7 Å². The lowest BCUT2D eigenvalue weighted by molar-refractivity contribution is -0.119. The van der Waals surface area contributed by atoms with E-state index in [4.69, 9.17) is 0 Å². The topological polar surface area (TPSA) is 70.7 Å². The van der Waals surface area contributed by atoms with Crippen molar-refractivity contribution in [3.8, 4) is 11.4 Å². The number of rotatable bonds is 5. The zero-order valence-corrected chi connectivity index (χ0v) is 14.6. The highest BCUT2D eigenvalue weighted by atomic mass is 32.2. The molecule has 2 aliphatic carbocycles. The number of aromatic nitrogens is 3. The molecule has 0 aliphatic heterocycles. The molecule has 0 radical (unpaired) electrons. The Labute approximate surface area is 146 Å². The molecule has 2 fully saturated rings. The first-order valence-corrected chi connectivity index (χ1v) is 9.57. The molecule has 0 saturated heterocycles. The highest BCUT2D eigenvalue weighted by Crippen LogP contribution is 2.44. The van der Waals surface area contributed by atoms with Gasteiger partial charge in [0.2, 0.25) is 11.1 Å². The highest BCUT2D eigenvalue weighted by molar-refractivity contribution is 7.99. The number of H-pyrrole nitrogens is 1. The molecule has 1 heterocycles. The number of aryl methyl sites for hydroxylation is 1. The molecule has 4 rings (SSSR count). The van der Waals surface area contributed by atoms with Crippen molar-refractivity contribution in [2.24, 2.45) is 11.8 Å². The first-order valence-electron chi connectivity index (χ1n) is 8.59. The van der Waals surface area contributed by atoms with Gasteiger partial charge in [0, 0.05) is 11.6 Å². The summed E-state index contributed by atoms with van der Waals surface area (Å²) in [4.78, 5) is 16.7. The molecule has 3 atom stereocenters. The van der Waals surface area contributed by atoms with Crippen molar-refractivity contribution in [2.75, 3.05) is 5.75 Å². The van der Waals surface area contributed by atoms with E-state index in [1.165, 1.54) is 43.0 Å². The summed E-state index contributed by atoms with van der Waals surface area (Å²) in [6, 6.07) is 8.52. The van der Waals surface area contributed by atoms with Crippen molar-refractivity contribution < 1.29 is 4.79 Å². The molecule has 6 heteroatoms. The number of thioether (sulfide) groups is 1. The van der Waals surface area contributed by atoms with E-state index in [2.05, 4.69) is 39.6 Å².